The monoisotopic (exact) mass is 302 g/mol. The lowest BCUT2D eigenvalue weighted by Gasteiger charge is -2.06. The number of carbonyl (C=O) groups excluding carboxylic acids is 1. The minimum atomic E-state index is -0.206. The molecule has 1 aliphatic carbocycles. The molecule has 1 fully saturated rings. The molecule has 0 unspecified atom stereocenters. The number of carbonyl (C=O) groups is 1. The second-order valence-electron chi connectivity index (χ2n) is 5.34. The first-order valence-electron chi connectivity index (χ1n) is 6.77. The third-order valence-corrected chi connectivity index (χ3v) is 3.99. The second kappa shape index (κ2) is 5.37. The highest BCUT2D eigenvalue weighted by molar-refractivity contribution is 6.30. The van der Waals surface area contributed by atoms with Crippen molar-refractivity contribution < 1.29 is 4.79 Å². The van der Waals surface area contributed by atoms with Crippen LogP contribution in [0.4, 0.5) is 0 Å². The number of aryl methyl sites for hydroxylation is 1. The van der Waals surface area contributed by atoms with Crippen molar-refractivity contribution in [2.45, 2.75) is 18.4 Å². The minimum Gasteiger partial charge on any atom is -0.349 e. The lowest BCUT2D eigenvalue weighted by molar-refractivity contribution is 0.0950. The zero-order chi connectivity index (χ0) is 15.0. The van der Waals surface area contributed by atoms with Gasteiger partial charge in [-0.15, -0.1) is 0 Å². The van der Waals surface area contributed by atoms with Crippen LogP contribution < -0.4 is 10.9 Å². The molecule has 21 heavy (non-hydrogen) atoms. The maximum atomic E-state index is 12.1. The Kier molecular flexibility index (Phi) is 3.55. The topological polar surface area (TPSA) is 51.1 Å². The average Bonchev–Trinajstić information content (AvgIpc) is 3.21. The zero-order valence-corrected chi connectivity index (χ0v) is 12.3. The summed E-state index contributed by atoms with van der Waals surface area (Å²) in [5, 5.41) is 3.66. The van der Waals surface area contributed by atoms with Crippen molar-refractivity contribution in [3.05, 3.63) is 69.1 Å². The lowest BCUT2D eigenvalue weighted by Crippen LogP contribution is -2.28. The standard InChI is InChI=1S/C16H15ClN2O2/c1-19-6-5-11(8-15(19)20)16(21)18-14-9-13(14)10-3-2-4-12(17)7-10/h2-8,13-14H,9H2,1H3,(H,18,21)/t13-,14+/m0/s1. The molecular weight excluding hydrogens is 288 g/mol. The van der Waals surface area contributed by atoms with Gasteiger partial charge in [0, 0.05) is 41.9 Å². The predicted octanol–water partition coefficient (Wildman–Crippen LogP) is 2.32. The maximum absolute atomic E-state index is 12.1. The molecule has 0 spiro atoms. The van der Waals surface area contributed by atoms with Gasteiger partial charge in [-0.2, -0.15) is 0 Å². The molecule has 3 rings (SSSR count). The first-order chi connectivity index (χ1) is 10.0. The van der Waals surface area contributed by atoms with Crippen molar-refractivity contribution >= 4 is 17.5 Å². The Morgan fingerprint density at radius 3 is 2.86 bits per heavy atom. The van der Waals surface area contributed by atoms with E-state index in [1.54, 1.807) is 19.3 Å². The van der Waals surface area contributed by atoms with Crippen LogP contribution in [0.5, 0.6) is 0 Å². The van der Waals surface area contributed by atoms with Crippen molar-refractivity contribution in [3.8, 4) is 0 Å². The second-order valence-corrected chi connectivity index (χ2v) is 5.78. The Hall–Kier alpha value is -2.07. The third-order valence-electron chi connectivity index (χ3n) is 3.75. The molecule has 2 aromatic rings. The minimum absolute atomic E-state index is 0.111. The number of rotatable bonds is 3. The van der Waals surface area contributed by atoms with E-state index in [4.69, 9.17) is 11.6 Å². The molecule has 4 nitrogen and oxygen atoms in total. The Labute approximate surface area is 127 Å². The lowest BCUT2D eigenvalue weighted by atomic mass is 10.1. The Bertz CT molecular complexity index is 754. The van der Waals surface area contributed by atoms with E-state index in [0.29, 0.717) is 16.5 Å². The van der Waals surface area contributed by atoms with E-state index in [9.17, 15) is 9.59 Å². The van der Waals surface area contributed by atoms with Gasteiger partial charge in [-0.3, -0.25) is 9.59 Å². The molecule has 1 N–H and O–H groups in total. The molecule has 5 heteroatoms. The molecule has 0 radical (unpaired) electrons. The van der Waals surface area contributed by atoms with E-state index in [2.05, 4.69) is 5.32 Å². The number of amides is 1. The molecule has 1 aromatic heterocycles. The Balaban J connectivity index is 1.67. The molecule has 1 saturated carbocycles. The van der Waals surface area contributed by atoms with Crippen molar-refractivity contribution in [1.82, 2.24) is 9.88 Å². The number of nitrogens with zero attached hydrogens (tertiary/aromatic N) is 1. The van der Waals surface area contributed by atoms with Crippen LogP contribution in [0.3, 0.4) is 0 Å². The molecule has 2 atom stereocenters. The van der Waals surface area contributed by atoms with Crippen molar-refractivity contribution in [2.75, 3.05) is 0 Å². The summed E-state index contributed by atoms with van der Waals surface area (Å²) in [5.74, 6) is 0.0985. The maximum Gasteiger partial charge on any atom is 0.251 e. The van der Waals surface area contributed by atoms with Crippen molar-refractivity contribution in [3.63, 3.8) is 0 Å². The number of nitrogens with one attached hydrogen (secondary N) is 1. The first-order valence-corrected chi connectivity index (χ1v) is 7.15. The smallest absolute Gasteiger partial charge is 0.251 e. The summed E-state index contributed by atoms with van der Waals surface area (Å²) in [4.78, 5) is 23.7. The van der Waals surface area contributed by atoms with Crippen molar-refractivity contribution in [1.29, 1.82) is 0 Å². The van der Waals surface area contributed by atoms with Crippen LogP contribution in [0.1, 0.15) is 28.3 Å². The summed E-state index contributed by atoms with van der Waals surface area (Å²) in [7, 11) is 1.65. The number of aromatic nitrogens is 1. The molecule has 0 aliphatic heterocycles. The van der Waals surface area contributed by atoms with Crippen LogP contribution in [-0.4, -0.2) is 16.5 Å². The summed E-state index contributed by atoms with van der Waals surface area (Å²) in [6.45, 7) is 0. The van der Waals surface area contributed by atoms with Crippen LogP contribution in [0.25, 0.3) is 0 Å². The number of halogens is 1. The summed E-state index contributed by atoms with van der Waals surface area (Å²) in [6.07, 6.45) is 2.50. The summed E-state index contributed by atoms with van der Waals surface area (Å²) in [6, 6.07) is 10.8. The summed E-state index contributed by atoms with van der Waals surface area (Å²) in [5.41, 5.74) is 1.34. The summed E-state index contributed by atoms with van der Waals surface area (Å²) < 4.78 is 1.43. The molecule has 108 valence electrons. The third kappa shape index (κ3) is 3.00. The number of benzene rings is 1. The van der Waals surface area contributed by atoms with Crippen LogP contribution >= 0.6 is 11.6 Å². The molecule has 1 heterocycles. The highest BCUT2D eigenvalue weighted by Crippen LogP contribution is 2.41. The molecular formula is C16H15ClN2O2. The van der Waals surface area contributed by atoms with Gasteiger partial charge >= 0.3 is 0 Å². The average molecular weight is 303 g/mol. The summed E-state index contributed by atoms with van der Waals surface area (Å²) >= 11 is 5.97. The molecule has 1 aromatic carbocycles. The van der Waals surface area contributed by atoms with Gasteiger partial charge in [-0.05, 0) is 30.2 Å². The van der Waals surface area contributed by atoms with E-state index >= 15 is 0 Å². The zero-order valence-electron chi connectivity index (χ0n) is 11.5. The normalized spacial score (nSPS) is 20.1. The van der Waals surface area contributed by atoms with E-state index in [0.717, 1.165) is 12.0 Å². The first kappa shape index (κ1) is 13.9. The highest BCUT2D eigenvalue weighted by Gasteiger charge is 2.39. The van der Waals surface area contributed by atoms with Crippen molar-refractivity contribution in [2.24, 2.45) is 7.05 Å². The molecule has 1 aliphatic rings. The Morgan fingerprint density at radius 1 is 1.33 bits per heavy atom. The van der Waals surface area contributed by atoms with E-state index < -0.39 is 0 Å². The quantitative estimate of drug-likeness (QED) is 0.946. The van der Waals surface area contributed by atoms with Crippen LogP contribution in [-0.2, 0) is 7.05 Å². The van der Waals surface area contributed by atoms with E-state index in [1.807, 2.05) is 24.3 Å². The van der Waals surface area contributed by atoms with Crippen LogP contribution in [0, 0.1) is 0 Å². The van der Waals surface area contributed by atoms with Gasteiger partial charge < -0.3 is 9.88 Å². The SMILES string of the molecule is Cn1ccc(C(=O)N[C@@H]2C[C@H]2c2cccc(Cl)c2)cc1=O. The Morgan fingerprint density at radius 2 is 2.14 bits per heavy atom. The van der Waals surface area contributed by atoms with Gasteiger partial charge in [-0.1, -0.05) is 23.7 Å². The fourth-order valence-electron chi connectivity index (χ4n) is 2.40. The predicted molar refractivity (Wildman–Crippen MR) is 81.7 cm³/mol. The molecule has 0 saturated heterocycles. The number of pyridine rings is 1. The van der Waals surface area contributed by atoms with Gasteiger partial charge in [-0.25, -0.2) is 0 Å². The van der Waals surface area contributed by atoms with E-state index in [1.165, 1.54) is 10.6 Å². The van der Waals surface area contributed by atoms with Gasteiger partial charge in [0.25, 0.3) is 11.5 Å². The van der Waals surface area contributed by atoms with Gasteiger partial charge in [0.2, 0.25) is 0 Å². The number of hydrogen-bond donors (Lipinski definition) is 1. The van der Waals surface area contributed by atoms with E-state index in [-0.39, 0.29) is 17.5 Å². The van der Waals surface area contributed by atoms with Gasteiger partial charge in [0.15, 0.2) is 0 Å². The largest absolute Gasteiger partial charge is 0.349 e. The van der Waals surface area contributed by atoms with Gasteiger partial charge in [0.05, 0.1) is 0 Å². The fourth-order valence-corrected chi connectivity index (χ4v) is 2.60. The number of hydrogen-bond acceptors (Lipinski definition) is 2. The molecule has 1 amide bonds. The fraction of sp³-hybridized carbons (Fsp3) is 0.250. The van der Waals surface area contributed by atoms with Crippen LogP contribution in [0.15, 0.2) is 47.4 Å². The molecule has 0 bridgehead atoms. The highest BCUT2D eigenvalue weighted by atomic mass is 35.5. The van der Waals surface area contributed by atoms with Gasteiger partial charge in [0.1, 0.15) is 0 Å². The van der Waals surface area contributed by atoms with Crippen LogP contribution in [0.2, 0.25) is 5.02 Å².